The van der Waals surface area contributed by atoms with E-state index in [4.69, 9.17) is 9.72 Å². The van der Waals surface area contributed by atoms with Crippen molar-refractivity contribution >= 4 is 60.8 Å². The first-order valence-electron chi connectivity index (χ1n) is 11.6. The normalized spacial score (nSPS) is 13.5. The Morgan fingerprint density at radius 1 is 1.25 bits per heavy atom. The number of hydrogen-bond donors (Lipinski definition) is 1. The molecule has 0 saturated carbocycles. The minimum atomic E-state index is -0.169. The Labute approximate surface area is 225 Å². The number of nitrogens with one attached hydrogen (secondary N) is 1. The van der Waals surface area contributed by atoms with Gasteiger partial charge in [0.1, 0.15) is 10.6 Å². The quantitative estimate of drug-likeness (QED) is 0.234. The summed E-state index contributed by atoms with van der Waals surface area (Å²) in [4.78, 5) is 35.7. The molecule has 0 aliphatic carbocycles. The van der Waals surface area contributed by atoms with Crippen LogP contribution in [0.4, 0.5) is 5.69 Å². The standard InChI is InChI=1S/C26H25BrN4O3S2/c1-3-34-19-9-7-18(8-10-19)31-25(33)23-20-11-12-30(2)14-21(20)36-24(23)29-26(31)35-15-22(32)28-17-6-4-5-16(27)13-17/h4-10,13H,3,11-12,14-15H2,1-2H3,(H,28,32). The van der Waals surface area contributed by atoms with Gasteiger partial charge in [0.25, 0.3) is 5.56 Å². The molecule has 0 atom stereocenters. The van der Waals surface area contributed by atoms with Gasteiger partial charge in [-0.15, -0.1) is 11.3 Å². The highest BCUT2D eigenvalue weighted by atomic mass is 79.9. The van der Waals surface area contributed by atoms with Crippen molar-refractivity contribution in [3.63, 3.8) is 0 Å². The number of amides is 1. The summed E-state index contributed by atoms with van der Waals surface area (Å²) >= 11 is 6.26. The lowest BCUT2D eigenvalue weighted by molar-refractivity contribution is -0.113. The van der Waals surface area contributed by atoms with Crippen molar-refractivity contribution < 1.29 is 9.53 Å². The number of carbonyl (C=O) groups is 1. The molecule has 5 rings (SSSR count). The maximum absolute atomic E-state index is 13.9. The van der Waals surface area contributed by atoms with Crippen LogP contribution in [0.1, 0.15) is 17.4 Å². The van der Waals surface area contributed by atoms with E-state index in [1.165, 1.54) is 16.6 Å². The van der Waals surface area contributed by atoms with Gasteiger partial charge in [-0.25, -0.2) is 4.98 Å². The molecule has 1 aliphatic heterocycles. The SMILES string of the molecule is CCOc1ccc(-n2c(SCC(=O)Nc3cccc(Br)c3)nc3sc4c(c3c2=O)CCN(C)C4)cc1. The van der Waals surface area contributed by atoms with E-state index < -0.39 is 0 Å². The number of anilines is 1. The second-order valence-corrected chi connectivity index (χ2v) is 11.4. The molecule has 186 valence electrons. The Morgan fingerprint density at radius 3 is 2.81 bits per heavy atom. The summed E-state index contributed by atoms with van der Waals surface area (Å²) in [5.74, 6) is 0.689. The highest BCUT2D eigenvalue weighted by Crippen LogP contribution is 2.34. The molecular weight excluding hydrogens is 560 g/mol. The van der Waals surface area contributed by atoms with Gasteiger partial charge in [0.15, 0.2) is 5.16 Å². The molecule has 7 nitrogen and oxygen atoms in total. The number of thioether (sulfide) groups is 1. The Bertz CT molecular complexity index is 1480. The number of fused-ring (bicyclic) bond motifs is 3. The first-order chi connectivity index (χ1) is 17.4. The summed E-state index contributed by atoms with van der Waals surface area (Å²) in [6.07, 6.45) is 0.827. The molecule has 0 saturated heterocycles. The van der Waals surface area contributed by atoms with Crippen molar-refractivity contribution in [2.75, 3.05) is 31.3 Å². The zero-order chi connectivity index (χ0) is 25.2. The lowest BCUT2D eigenvalue weighted by Crippen LogP contribution is -2.27. The fourth-order valence-corrected chi connectivity index (χ4v) is 6.78. The third-order valence-corrected chi connectivity index (χ3v) is 8.42. The van der Waals surface area contributed by atoms with Crippen molar-refractivity contribution in [2.45, 2.75) is 25.0 Å². The van der Waals surface area contributed by atoms with Crippen LogP contribution in [0.3, 0.4) is 0 Å². The molecule has 0 spiro atoms. The zero-order valence-corrected chi connectivity index (χ0v) is 23.1. The number of halogens is 1. The van der Waals surface area contributed by atoms with Gasteiger partial charge >= 0.3 is 0 Å². The van der Waals surface area contributed by atoms with Gasteiger partial charge in [0, 0.05) is 28.1 Å². The second-order valence-electron chi connectivity index (χ2n) is 8.48. The number of aromatic nitrogens is 2. The molecular formula is C26H25BrN4O3S2. The summed E-state index contributed by atoms with van der Waals surface area (Å²) in [7, 11) is 2.09. The highest BCUT2D eigenvalue weighted by molar-refractivity contribution is 9.10. The third-order valence-electron chi connectivity index (χ3n) is 5.88. The van der Waals surface area contributed by atoms with E-state index in [0.29, 0.717) is 28.5 Å². The molecule has 36 heavy (non-hydrogen) atoms. The van der Waals surface area contributed by atoms with Gasteiger partial charge in [-0.05, 0) is 68.4 Å². The van der Waals surface area contributed by atoms with Gasteiger partial charge in [-0.1, -0.05) is 33.8 Å². The van der Waals surface area contributed by atoms with Gasteiger partial charge in [-0.3, -0.25) is 14.2 Å². The van der Waals surface area contributed by atoms with Crippen LogP contribution in [0.15, 0.2) is 63.0 Å². The first-order valence-corrected chi connectivity index (χ1v) is 14.2. The highest BCUT2D eigenvalue weighted by Gasteiger charge is 2.24. The van der Waals surface area contributed by atoms with Gasteiger partial charge < -0.3 is 15.0 Å². The molecule has 0 radical (unpaired) electrons. The number of carbonyl (C=O) groups excluding carboxylic acids is 1. The van der Waals surface area contributed by atoms with E-state index in [-0.39, 0.29) is 17.2 Å². The minimum Gasteiger partial charge on any atom is -0.494 e. The predicted octanol–water partition coefficient (Wildman–Crippen LogP) is 5.33. The maximum Gasteiger partial charge on any atom is 0.267 e. The van der Waals surface area contributed by atoms with Crippen LogP contribution in [0.2, 0.25) is 0 Å². The summed E-state index contributed by atoms with van der Waals surface area (Å²) < 4.78 is 8.09. The van der Waals surface area contributed by atoms with Crippen LogP contribution in [0.25, 0.3) is 15.9 Å². The van der Waals surface area contributed by atoms with Crippen LogP contribution >= 0.6 is 39.0 Å². The van der Waals surface area contributed by atoms with Gasteiger partial charge in [0.2, 0.25) is 5.91 Å². The van der Waals surface area contributed by atoms with E-state index in [2.05, 4.69) is 33.2 Å². The number of thiophene rings is 1. The van der Waals surface area contributed by atoms with Gasteiger partial charge in [-0.2, -0.15) is 0 Å². The van der Waals surface area contributed by atoms with Crippen LogP contribution in [-0.4, -0.2) is 46.3 Å². The molecule has 2 aromatic heterocycles. The summed E-state index contributed by atoms with van der Waals surface area (Å²) in [6, 6.07) is 14.9. The van der Waals surface area contributed by atoms with E-state index in [0.717, 1.165) is 40.1 Å². The molecule has 0 bridgehead atoms. The summed E-state index contributed by atoms with van der Waals surface area (Å²) in [5, 5.41) is 4.09. The molecule has 1 amide bonds. The predicted molar refractivity (Wildman–Crippen MR) is 150 cm³/mol. The van der Waals surface area contributed by atoms with Crippen molar-refractivity contribution in [3.8, 4) is 11.4 Å². The average molecular weight is 586 g/mol. The molecule has 4 aromatic rings. The fraction of sp³-hybridized carbons (Fsp3) is 0.269. The van der Waals surface area contributed by atoms with E-state index >= 15 is 0 Å². The van der Waals surface area contributed by atoms with Crippen molar-refractivity contribution in [2.24, 2.45) is 0 Å². The number of likely N-dealkylation sites (N-methyl/N-ethyl adjacent to an activating group) is 1. The average Bonchev–Trinajstić information content (AvgIpc) is 3.21. The van der Waals surface area contributed by atoms with E-state index in [1.807, 2.05) is 55.5 Å². The third kappa shape index (κ3) is 5.22. The Balaban J connectivity index is 1.52. The molecule has 2 aromatic carbocycles. The molecule has 1 N–H and O–H groups in total. The number of ether oxygens (including phenoxy) is 1. The van der Waals surface area contributed by atoms with E-state index in [1.54, 1.807) is 15.9 Å². The molecule has 10 heteroatoms. The van der Waals surface area contributed by atoms with Crippen molar-refractivity contribution in [3.05, 3.63) is 73.8 Å². The number of nitrogens with zero attached hydrogens (tertiary/aromatic N) is 3. The minimum absolute atomic E-state index is 0.0962. The molecule has 3 heterocycles. The maximum atomic E-state index is 13.9. The molecule has 0 unspecified atom stereocenters. The van der Waals surface area contributed by atoms with Crippen molar-refractivity contribution in [1.82, 2.24) is 14.5 Å². The molecule has 1 aliphatic rings. The zero-order valence-electron chi connectivity index (χ0n) is 19.9. The first kappa shape index (κ1) is 25.0. The Hall–Kier alpha value is -2.66. The van der Waals surface area contributed by atoms with Crippen LogP contribution in [0, 0.1) is 0 Å². The number of rotatable bonds is 7. The van der Waals surface area contributed by atoms with Crippen LogP contribution in [0.5, 0.6) is 5.75 Å². The lowest BCUT2D eigenvalue weighted by atomic mass is 10.1. The topological polar surface area (TPSA) is 76.5 Å². The number of hydrogen-bond acceptors (Lipinski definition) is 7. The lowest BCUT2D eigenvalue weighted by Gasteiger charge is -2.21. The Kier molecular flexibility index (Phi) is 7.47. The fourth-order valence-electron chi connectivity index (χ4n) is 4.23. The smallest absolute Gasteiger partial charge is 0.267 e. The van der Waals surface area contributed by atoms with E-state index in [9.17, 15) is 9.59 Å². The number of benzene rings is 2. The summed E-state index contributed by atoms with van der Waals surface area (Å²) in [6.45, 7) is 4.22. The van der Waals surface area contributed by atoms with Gasteiger partial charge in [0.05, 0.1) is 23.4 Å². The monoisotopic (exact) mass is 584 g/mol. The Morgan fingerprint density at radius 2 is 2.06 bits per heavy atom. The largest absolute Gasteiger partial charge is 0.494 e. The molecule has 0 fully saturated rings. The second kappa shape index (κ2) is 10.8. The van der Waals surface area contributed by atoms with Crippen molar-refractivity contribution in [1.29, 1.82) is 0 Å². The van der Waals surface area contributed by atoms with Crippen LogP contribution in [-0.2, 0) is 17.8 Å². The summed E-state index contributed by atoms with van der Waals surface area (Å²) in [5.41, 5.74) is 2.41. The van der Waals surface area contributed by atoms with Crippen LogP contribution < -0.4 is 15.6 Å².